The average molecular weight is 460 g/mol. The Labute approximate surface area is 210 Å². The molecule has 1 heterocycles. The number of benzene rings is 5. The summed E-state index contributed by atoms with van der Waals surface area (Å²) in [7, 11) is 0. The molecule has 0 amide bonds. The minimum Gasteiger partial charge on any atom is -0.310 e. The van der Waals surface area contributed by atoms with Gasteiger partial charge in [-0.1, -0.05) is 78.9 Å². The van der Waals surface area contributed by atoms with Gasteiger partial charge in [-0.15, -0.1) is 0 Å². The second-order valence-electron chi connectivity index (χ2n) is 8.84. The molecule has 0 saturated heterocycles. The fourth-order valence-electron chi connectivity index (χ4n) is 5.53. The van der Waals surface area contributed by atoms with Crippen molar-refractivity contribution in [2.45, 2.75) is 5.41 Å². The van der Waals surface area contributed by atoms with Crippen LogP contribution in [-0.2, 0) is 5.41 Å². The first kappa shape index (κ1) is 21.4. The standard InChI is InChI=1S/C33H21N3/c34-22-24-10-8-12-26(20-24)33(27-13-9-11-25(21-27)23-35)29-16-4-6-18-31(29)36(28-14-2-1-3-15-28)32-19-7-5-17-30(32)33/h1-21H. The quantitative estimate of drug-likeness (QED) is 0.274. The third-order valence-corrected chi connectivity index (χ3v) is 6.96. The van der Waals surface area contributed by atoms with Crippen LogP contribution in [-0.4, -0.2) is 0 Å². The summed E-state index contributed by atoms with van der Waals surface area (Å²) < 4.78 is 0. The fraction of sp³-hybridized carbons (Fsp3) is 0.0303. The summed E-state index contributed by atoms with van der Waals surface area (Å²) in [5, 5.41) is 19.6. The van der Waals surface area contributed by atoms with E-state index in [1.165, 1.54) is 0 Å². The van der Waals surface area contributed by atoms with Gasteiger partial charge in [-0.05, 0) is 70.8 Å². The van der Waals surface area contributed by atoms with Crippen molar-refractivity contribution in [1.82, 2.24) is 0 Å². The van der Waals surface area contributed by atoms with Crippen molar-refractivity contribution in [3.8, 4) is 12.1 Å². The van der Waals surface area contributed by atoms with E-state index >= 15 is 0 Å². The third-order valence-electron chi connectivity index (χ3n) is 6.96. The highest BCUT2D eigenvalue weighted by atomic mass is 15.2. The SMILES string of the molecule is N#Cc1cccc(C2(c3cccc(C#N)c3)c3ccccc3N(c3ccccc3)c3ccccc32)c1. The van der Waals surface area contributed by atoms with E-state index < -0.39 is 5.41 Å². The molecule has 1 aliphatic rings. The molecule has 0 fully saturated rings. The largest absolute Gasteiger partial charge is 0.310 e. The molecule has 0 unspecified atom stereocenters. The van der Waals surface area contributed by atoms with E-state index in [4.69, 9.17) is 0 Å². The Balaban J connectivity index is 1.80. The van der Waals surface area contributed by atoms with Crippen LogP contribution in [0.1, 0.15) is 33.4 Å². The molecule has 3 heteroatoms. The van der Waals surface area contributed by atoms with Crippen molar-refractivity contribution in [2.75, 3.05) is 4.90 Å². The lowest BCUT2D eigenvalue weighted by Gasteiger charge is -2.46. The zero-order valence-corrected chi connectivity index (χ0v) is 19.5. The zero-order valence-electron chi connectivity index (χ0n) is 19.5. The summed E-state index contributed by atoms with van der Waals surface area (Å²) in [6.07, 6.45) is 0. The molecule has 168 valence electrons. The maximum atomic E-state index is 9.78. The Hall–Kier alpha value is -5.12. The van der Waals surface area contributed by atoms with Crippen LogP contribution in [0, 0.1) is 22.7 Å². The van der Waals surface area contributed by atoms with Gasteiger partial charge in [-0.3, -0.25) is 0 Å². The van der Waals surface area contributed by atoms with E-state index in [2.05, 4.69) is 102 Å². The lowest BCUT2D eigenvalue weighted by atomic mass is 9.62. The van der Waals surface area contributed by atoms with Crippen molar-refractivity contribution in [1.29, 1.82) is 10.5 Å². The van der Waals surface area contributed by atoms with Gasteiger partial charge in [0, 0.05) is 5.69 Å². The summed E-state index contributed by atoms with van der Waals surface area (Å²) >= 11 is 0. The summed E-state index contributed by atoms with van der Waals surface area (Å²) in [4.78, 5) is 2.30. The molecule has 0 aromatic heterocycles. The van der Waals surface area contributed by atoms with Gasteiger partial charge in [-0.2, -0.15) is 10.5 Å². The molecular weight excluding hydrogens is 438 g/mol. The first-order chi connectivity index (χ1) is 17.8. The van der Waals surface area contributed by atoms with E-state index in [0.29, 0.717) is 11.1 Å². The highest BCUT2D eigenvalue weighted by Gasteiger charge is 2.46. The Morgan fingerprint density at radius 2 is 0.972 bits per heavy atom. The number of fused-ring (bicyclic) bond motifs is 2. The molecular formula is C33H21N3. The monoisotopic (exact) mass is 459 g/mol. The van der Waals surface area contributed by atoms with E-state index in [9.17, 15) is 10.5 Å². The average Bonchev–Trinajstić information content (AvgIpc) is 2.96. The molecule has 3 nitrogen and oxygen atoms in total. The van der Waals surface area contributed by atoms with Crippen molar-refractivity contribution in [3.63, 3.8) is 0 Å². The van der Waals surface area contributed by atoms with E-state index in [1.807, 2.05) is 42.5 Å². The first-order valence-corrected chi connectivity index (χ1v) is 11.8. The van der Waals surface area contributed by atoms with E-state index in [1.54, 1.807) is 0 Å². The van der Waals surface area contributed by atoms with Gasteiger partial charge >= 0.3 is 0 Å². The number of nitrogens with zero attached hydrogens (tertiary/aromatic N) is 3. The molecule has 5 aromatic rings. The summed E-state index contributed by atoms with van der Waals surface area (Å²) in [5.74, 6) is 0. The number of hydrogen-bond donors (Lipinski definition) is 0. The number of rotatable bonds is 3. The van der Waals surface area contributed by atoms with Gasteiger partial charge in [0.25, 0.3) is 0 Å². The first-order valence-electron chi connectivity index (χ1n) is 11.8. The van der Waals surface area contributed by atoms with Gasteiger partial charge in [0.2, 0.25) is 0 Å². The molecule has 0 N–H and O–H groups in total. The van der Waals surface area contributed by atoms with Gasteiger partial charge in [-0.25, -0.2) is 0 Å². The topological polar surface area (TPSA) is 50.8 Å². The molecule has 6 rings (SSSR count). The second kappa shape index (κ2) is 8.58. The Kier molecular flexibility index (Phi) is 5.11. The zero-order chi connectivity index (χ0) is 24.5. The van der Waals surface area contributed by atoms with Crippen LogP contribution >= 0.6 is 0 Å². The molecule has 36 heavy (non-hydrogen) atoms. The minimum atomic E-state index is -0.724. The van der Waals surface area contributed by atoms with Gasteiger partial charge < -0.3 is 4.90 Å². The van der Waals surface area contributed by atoms with Crippen LogP contribution in [0.15, 0.2) is 127 Å². The highest BCUT2D eigenvalue weighted by molar-refractivity contribution is 5.89. The predicted molar refractivity (Wildman–Crippen MR) is 142 cm³/mol. The number of hydrogen-bond acceptors (Lipinski definition) is 3. The second-order valence-corrected chi connectivity index (χ2v) is 8.84. The Morgan fingerprint density at radius 3 is 1.47 bits per heavy atom. The van der Waals surface area contributed by atoms with E-state index in [0.717, 1.165) is 39.3 Å². The van der Waals surface area contributed by atoms with Crippen LogP contribution in [0.25, 0.3) is 0 Å². The number of para-hydroxylation sites is 3. The molecule has 0 saturated carbocycles. The fourth-order valence-corrected chi connectivity index (χ4v) is 5.53. The molecule has 1 aliphatic heterocycles. The Bertz CT molecular complexity index is 1560. The lowest BCUT2D eigenvalue weighted by Crippen LogP contribution is -2.37. The summed E-state index contributed by atoms with van der Waals surface area (Å²) in [6.45, 7) is 0. The Morgan fingerprint density at radius 1 is 0.500 bits per heavy atom. The van der Waals surface area contributed by atoms with Crippen molar-refractivity contribution < 1.29 is 0 Å². The molecule has 0 atom stereocenters. The van der Waals surface area contributed by atoms with Crippen LogP contribution in [0.2, 0.25) is 0 Å². The minimum absolute atomic E-state index is 0.601. The smallest absolute Gasteiger partial charge is 0.0991 e. The highest BCUT2D eigenvalue weighted by Crippen LogP contribution is 2.57. The molecule has 0 radical (unpaired) electrons. The van der Waals surface area contributed by atoms with Crippen LogP contribution in [0.5, 0.6) is 0 Å². The number of nitriles is 2. The van der Waals surface area contributed by atoms with Gasteiger partial charge in [0.15, 0.2) is 0 Å². The predicted octanol–water partition coefficient (Wildman–Crippen LogP) is 7.60. The van der Waals surface area contributed by atoms with Crippen molar-refractivity contribution in [3.05, 3.63) is 161 Å². The third kappa shape index (κ3) is 3.12. The van der Waals surface area contributed by atoms with Crippen molar-refractivity contribution in [2.24, 2.45) is 0 Å². The van der Waals surface area contributed by atoms with Gasteiger partial charge in [0.05, 0.1) is 40.1 Å². The molecule has 0 bridgehead atoms. The number of anilines is 3. The van der Waals surface area contributed by atoms with E-state index in [-0.39, 0.29) is 0 Å². The van der Waals surface area contributed by atoms with Crippen LogP contribution < -0.4 is 4.90 Å². The maximum absolute atomic E-state index is 9.78. The maximum Gasteiger partial charge on any atom is 0.0991 e. The molecule has 5 aromatic carbocycles. The summed E-state index contributed by atoms with van der Waals surface area (Å²) in [5.41, 5.74) is 7.84. The van der Waals surface area contributed by atoms with Gasteiger partial charge in [0.1, 0.15) is 0 Å². The van der Waals surface area contributed by atoms with Crippen molar-refractivity contribution >= 4 is 17.1 Å². The normalized spacial score (nSPS) is 13.1. The molecule has 0 spiro atoms. The van der Waals surface area contributed by atoms with Crippen LogP contribution in [0.3, 0.4) is 0 Å². The summed E-state index contributed by atoms with van der Waals surface area (Å²) in [6, 6.07) is 47.6. The van der Waals surface area contributed by atoms with Crippen LogP contribution in [0.4, 0.5) is 17.1 Å². The molecule has 0 aliphatic carbocycles. The lowest BCUT2D eigenvalue weighted by molar-refractivity contribution is 0.730.